The van der Waals surface area contributed by atoms with Crippen LogP contribution in [0.1, 0.15) is 36.5 Å². The largest absolute Gasteiger partial charge is 0.426 e. The number of hydrogen-bond donors (Lipinski definition) is 0. The van der Waals surface area contributed by atoms with Crippen molar-refractivity contribution >= 4 is 10.8 Å². The van der Waals surface area contributed by atoms with Crippen molar-refractivity contribution in [3.8, 4) is 5.75 Å². The summed E-state index contributed by atoms with van der Waals surface area (Å²) in [6.45, 7) is 5.71. The summed E-state index contributed by atoms with van der Waals surface area (Å²) in [7, 11) is 0. The zero-order valence-electron chi connectivity index (χ0n) is 15.9. The fourth-order valence-corrected chi connectivity index (χ4v) is 3.15. The first-order valence-corrected chi connectivity index (χ1v) is 9.42. The van der Waals surface area contributed by atoms with Gasteiger partial charge in [0.15, 0.2) is 11.6 Å². The molecule has 1 nitrogen and oxygen atoms in total. The third kappa shape index (κ3) is 4.56. The average Bonchev–Trinajstić information content (AvgIpc) is 2.67. The monoisotopic (exact) mass is 384 g/mol. The van der Waals surface area contributed by atoms with Gasteiger partial charge in [0.2, 0.25) is 0 Å². The molecule has 3 rings (SSSR count). The minimum Gasteiger partial charge on any atom is -0.426 e. The molecule has 0 unspecified atom stereocenters. The predicted octanol–water partition coefficient (Wildman–Crippen LogP) is 7.18. The first kappa shape index (κ1) is 20.0. The molecule has 0 heterocycles. The lowest BCUT2D eigenvalue weighted by atomic mass is 10.0. The molecule has 0 N–H and O–H groups in total. The van der Waals surface area contributed by atoms with Crippen LogP contribution in [0.5, 0.6) is 5.75 Å². The van der Waals surface area contributed by atoms with Crippen LogP contribution in [0, 0.1) is 5.82 Å². The SMILES string of the molecule is C=CCCc1ccc2cc(OC(F)(F)c3ccc(CCC)cc3)c(F)cc2c1. The van der Waals surface area contributed by atoms with Crippen LogP contribution < -0.4 is 4.74 Å². The highest BCUT2D eigenvalue weighted by Gasteiger charge is 2.35. The quantitative estimate of drug-likeness (QED) is 0.374. The number of halogens is 3. The summed E-state index contributed by atoms with van der Waals surface area (Å²) in [4.78, 5) is 0. The van der Waals surface area contributed by atoms with Gasteiger partial charge in [0.05, 0.1) is 5.56 Å². The van der Waals surface area contributed by atoms with Crippen molar-refractivity contribution < 1.29 is 17.9 Å². The van der Waals surface area contributed by atoms with Gasteiger partial charge in [0.1, 0.15) is 0 Å². The van der Waals surface area contributed by atoms with E-state index in [1.54, 1.807) is 18.2 Å². The van der Waals surface area contributed by atoms with E-state index < -0.39 is 17.7 Å². The topological polar surface area (TPSA) is 9.23 Å². The summed E-state index contributed by atoms with van der Waals surface area (Å²) >= 11 is 0. The lowest BCUT2D eigenvalue weighted by molar-refractivity contribution is -0.186. The molecule has 0 amide bonds. The summed E-state index contributed by atoms with van der Waals surface area (Å²) in [6, 6.07) is 14.1. The molecular formula is C24H23F3O. The molecule has 0 radical (unpaired) electrons. The number of allylic oxidation sites excluding steroid dienone is 1. The Labute approximate surface area is 163 Å². The van der Waals surface area contributed by atoms with Gasteiger partial charge in [-0.25, -0.2) is 4.39 Å². The summed E-state index contributed by atoms with van der Waals surface area (Å²) < 4.78 is 48.3. The molecule has 0 saturated carbocycles. The van der Waals surface area contributed by atoms with E-state index in [0.717, 1.165) is 36.8 Å². The van der Waals surface area contributed by atoms with Crippen molar-refractivity contribution in [2.75, 3.05) is 0 Å². The smallest absolute Gasteiger partial charge is 0.426 e. The number of rotatable bonds is 8. The Kier molecular flexibility index (Phi) is 6.08. The number of fused-ring (bicyclic) bond motifs is 1. The molecule has 0 aromatic heterocycles. The summed E-state index contributed by atoms with van der Waals surface area (Å²) in [5, 5.41) is 1.30. The standard InChI is InChI=1S/C24H23F3O/c1-3-5-7-18-8-11-19-16-23(22(25)15-20(19)14-18)28-24(26,27)21-12-9-17(6-4-2)10-13-21/h3,8-16H,1,4-7H2,2H3. The second kappa shape index (κ2) is 8.51. The van der Waals surface area contributed by atoms with Crippen LogP contribution in [0.4, 0.5) is 13.2 Å². The average molecular weight is 384 g/mol. The summed E-state index contributed by atoms with van der Waals surface area (Å²) in [6.07, 6.45) is 1.57. The number of ether oxygens (including phenoxy) is 1. The van der Waals surface area contributed by atoms with E-state index in [2.05, 4.69) is 6.58 Å². The molecule has 0 bridgehead atoms. The van der Waals surface area contributed by atoms with Crippen LogP contribution in [-0.4, -0.2) is 0 Å². The Hall–Kier alpha value is -2.75. The molecule has 146 valence electrons. The van der Waals surface area contributed by atoms with E-state index in [4.69, 9.17) is 4.74 Å². The number of benzene rings is 3. The molecule has 28 heavy (non-hydrogen) atoms. The zero-order chi connectivity index (χ0) is 20.1. The van der Waals surface area contributed by atoms with Gasteiger partial charge in [-0.2, -0.15) is 8.78 Å². The maximum atomic E-state index is 14.5. The van der Waals surface area contributed by atoms with Gasteiger partial charge in [-0.3, -0.25) is 0 Å². The van der Waals surface area contributed by atoms with Gasteiger partial charge in [-0.1, -0.05) is 49.8 Å². The van der Waals surface area contributed by atoms with E-state index >= 15 is 0 Å². The maximum absolute atomic E-state index is 14.5. The summed E-state index contributed by atoms with van der Waals surface area (Å²) in [5.41, 5.74) is 1.72. The first-order chi connectivity index (χ1) is 13.4. The Morgan fingerprint density at radius 2 is 1.64 bits per heavy atom. The second-order valence-corrected chi connectivity index (χ2v) is 6.86. The Morgan fingerprint density at radius 1 is 0.929 bits per heavy atom. The zero-order valence-corrected chi connectivity index (χ0v) is 15.9. The highest BCUT2D eigenvalue weighted by molar-refractivity contribution is 5.84. The van der Waals surface area contributed by atoms with Crippen LogP contribution in [0.25, 0.3) is 10.8 Å². The lowest BCUT2D eigenvalue weighted by Gasteiger charge is -2.19. The second-order valence-electron chi connectivity index (χ2n) is 6.86. The highest BCUT2D eigenvalue weighted by atomic mass is 19.3. The minimum atomic E-state index is -3.62. The van der Waals surface area contributed by atoms with E-state index in [9.17, 15) is 13.2 Å². The number of hydrogen-bond acceptors (Lipinski definition) is 1. The molecule has 0 spiro atoms. The Balaban J connectivity index is 1.85. The van der Waals surface area contributed by atoms with Crippen molar-refractivity contribution in [3.63, 3.8) is 0 Å². The van der Waals surface area contributed by atoms with Crippen LogP contribution >= 0.6 is 0 Å². The van der Waals surface area contributed by atoms with Crippen molar-refractivity contribution in [2.24, 2.45) is 0 Å². The molecule has 4 heteroatoms. The first-order valence-electron chi connectivity index (χ1n) is 9.42. The molecule has 0 aliphatic heterocycles. The van der Waals surface area contributed by atoms with Gasteiger partial charge >= 0.3 is 6.11 Å². The lowest BCUT2D eigenvalue weighted by Crippen LogP contribution is -2.22. The molecule has 0 atom stereocenters. The van der Waals surface area contributed by atoms with Crippen molar-refractivity contribution in [1.29, 1.82) is 0 Å². The van der Waals surface area contributed by atoms with Crippen molar-refractivity contribution in [2.45, 2.75) is 38.7 Å². The van der Waals surface area contributed by atoms with E-state index in [1.807, 2.05) is 25.1 Å². The number of aryl methyl sites for hydroxylation is 2. The van der Waals surface area contributed by atoms with Gasteiger partial charge in [0, 0.05) is 0 Å². The minimum absolute atomic E-state index is 0.299. The van der Waals surface area contributed by atoms with E-state index in [-0.39, 0.29) is 5.56 Å². The van der Waals surface area contributed by atoms with Crippen LogP contribution in [0.15, 0.2) is 67.3 Å². The third-order valence-electron chi connectivity index (χ3n) is 4.66. The van der Waals surface area contributed by atoms with E-state index in [0.29, 0.717) is 10.8 Å². The molecular weight excluding hydrogens is 361 g/mol. The molecule has 0 fully saturated rings. The normalized spacial score (nSPS) is 11.6. The fourth-order valence-electron chi connectivity index (χ4n) is 3.15. The van der Waals surface area contributed by atoms with Gasteiger partial charge in [0.25, 0.3) is 0 Å². The fraction of sp³-hybridized carbons (Fsp3) is 0.250. The maximum Gasteiger partial charge on any atom is 0.426 e. The molecule has 3 aromatic rings. The highest BCUT2D eigenvalue weighted by Crippen LogP contribution is 2.35. The van der Waals surface area contributed by atoms with Crippen molar-refractivity contribution in [1.82, 2.24) is 0 Å². The Morgan fingerprint density at radius 3 is 2.32 bits per heavy atom. The van der Waals surface area contributed by atoms with Crippen LogP contribution in [0.3, 0.4) is 0 Å². The Bertz CT molecular complexity index is 961. The molecule has 3 aromatic carbocycles. The van der Waals surface area contributed by atoms with Crippen molar-refractivity contribution in [3.05, 3.63) is 89.8 Å². The van der Waals surface area contributed by atoms with Crippen LogP contribution in [-0.2, 0) is 19.0 Å². The predicted molar refractivity (Wildman–Crippen MR) is 107 cm³/mol. The summed E-state index contributed by atoms with van der Waals surface area (Å²) in [5.74, 6) is -1.27. The molecule has 0 aliphatic carbocycles. The van der Waals surface area contributed by atoms with Gasteiger partial charge < -0.3 is 4.74 Å². The molecule has 0 saturated heterocycles. The van der Waals surface area contributed by atoms with Crippen LogP contribution in [0.2, 0.25) is 0 Å². The van der Waals surface area contributed by atoms with Gasteiger partial charge in [-0.05, 0) is 65.4 Å². The van der Waals surface area contributed by atoms with E-state index in [1.165, 1.54) is 24.3 Å². The molecule has 0 aliphatic rings. The third-order valence-corrected chi connectivity index (χ3v) is 4.66. The number of alkyl halides is 2. The van der Waals surface area contributed by atoms with Gasteiger partial charge in [-0.15, -0.1) is 6.58 Å².